The van der Waals surface area contributed by atoms with Gasteiger partial charge in [-0.2, -0.15) is 0 Å². The summed E-state index contributed by atoms with van der Waals surface area (Å²) >= 11 is 7.51. The van der Waals surface area contributed by atoms with Crippen molar-refractivity contribution in [1.82, 2.24) is 4.72 Å². The first-order valence-electron chi connectivity index (χ1n) is 6.13. The van der Waals surface area contributed by atoms with Crippen molar-refractivity contribution in [2.24, 2.45) is 0 Å². The maximum atomic E-state index is 12.0. The number of thioether (sulfide) groups is 1. The number of sulfonamides is 1. The van der Waals surface area contributed by atoms with E-state index in [1.807, 2.05) is 24.3 Å². The molecular weight excluding hydrogens is 328 g/mol. The van der Waals surface area contributed by atoms with Crippen molar-refractivity contribution >= 4 is 39.1 Å². The number of nitrogens with two attached hydrogens (primary N) is 1. The van der Waals surface area contributed by atoms with Crippen LogP contribution in [0.3, 0.4) is 0 Å². The quantitative estimate of drug-likeness (QED) is 0.647. The van der Waals surface area contributed by atoms with Gasteiger partial charge in [-0.05, 0) is 36.9 Å². The lowest BCUT2D eigenvalue weighted by Gasteiger charge is -2.11. The molecule has 0 unspecified atom stereocenters. The van der Waals surface area contributed by atoms with Crippen LogP contribution in [0.25, 0.3) is 0 Å². The minimum absolute atomic E-state index is 0.182. The molecule has 21 heavy (non-hydrogen) atoms. The second-order valence-electron chi connectivity index (χ2n) is 4.29. The van der Waals surface area contributed by atoms with Crippen LogP contribution in [0.1, 0.15) is 5.56 Å². The zero-order valence-corrected chi connectivity index (χ0v) is 13.7. The van der Waals surface area contributed by atoms with E-state index < -0.39 is 10.0 Å². The molecule has 0 atom stereocenters. The minimum atomic E-state index is -3.55. The Morgan fingerprint density at radius 1 is 1.24 bits per heavy atom. The van der Waals surface area contributed by atoms with Crippen LogP contribution in [0.4, 0.5) is 5.69 Å². The predicted octanol–water partition coefficient (Wildman–Crippen LogP) is 3.12. The Morgan fingerprint density at radius 3 is 2.62 bits per heavy atom. The molecule has 0 saturated heterocycles. The molecule has 0 aromatic heterocycles. The van der Waals surface area contributed by atoms with Crippen molar-refractivity contribution in [2.75, 3.05) is 12.8 Å². The van der Waals surface area contributed by atoms with Gasteiger partial charge in [0.1, 0.15) is 0 Å². The van der Waals surface area contributed by atoms with Crippen molar-refractivity contribution in [3.8, 4) is 0 Å². The molecule has 3 N–H and O–H groups in total. The number of anilines is 1. The molecular formula is C14H15ClN2O2S2. The molecule has 0 aliphatic heterocycles. The van der Waals surface area contributed by atoms with Gasteiger partial charge < -0.3 is 5.73 Å². The lowest BCUT2D eigenvalue weighted by molar-refractivity contribution is 0.586. The van der Waals surface area contributed by atoms with E-state index in [4.69, 9.17) is 17.3 Å². The molecule has 0 bridgehead atoms. The van der Waals surface area contributed by atoms with Crippen LogP contribution in [0.2, 0.25) is 5.02 Å². The molecule has 0 saturated carbocycles. The van der Waals surface area contributed by atoms with Crippen LogP contribution in [-0.2, 0) is 15.8 Å². The van der Waals surface area contributed by atoms with E-state index in [0.29, 0.717) is 21.4 Å². The highest BCUT2D eigenvalue weighted by molar-refractivity contribution is 7.99. The van der Waals surface area contributed by atoms with Gasteiger partial charge in [0, 0.05) is 21.4 Å². The van der Waals surface area contributed by atoms with Crippen LogP contribution in [0, 0.1) is 0 Å². The summed E-state index contributed by atoms with van der Waals surface area (Å²) < 4.78 is 26.4. The summed E-state index contributed by atoms with van der Waals surface area (Å²) in [5.74, 6) is 0.579. The fourth-order valence-corrected chi connectivity index (χ4v) is 4.29. The van der Waals surface area contributed by atoms with Crippen LogP contribution < -0.4 is 10.5 Å². The fourth-order valence-electron chi connectivity index (χ4n) is 1.73. The first-order valence-corrected chi connectivity index (χ1v) is 8.98. The van der Waals surface area contributed by atoms with Gasteiger partial charge in [0.05, 0.1) is 4.90 Å². The fraction of sp³-hybridized carbons (Fsp3) is 0.143. The van der Waals surface area contributed by atoms with Gasteiger partial charge in [-0.25, -0.2) is 13.1 Å². The summed E-state index contributed by atoms with van der Waals surface area (Å²) in [6, 6.07) is 12.3. The summed E-state index contributed by atoms with van der Waals surface area (Å²) in [4.78, 5) is 0.820. The number of benzene rings is 2. The normalized spacial score (nSPS) is 11.5. The maximum absolute atomic E-state index is 12.0. The zero-order chi connectivity index (χ0) is 15.5. The van der Waals surface area contributed by atoms with Crippen molar-refractivity contribution in [2.45, 2.75) is 15.5 Å². The van der Waals surface area contributed by atoms with Crippen LogP contribution >= 0.6 is 23.4 Å². The first kappa shape index (κ1) is 16.2. The van der Waals surface area contributed by atoms with E-state index >= 15 is 0 Å². The number of halogens is 1. The molecule has 0 radical (unpaired) electrons. The molecule has 2 rings (SSSR count). The molecule has 0 heterocycles. The van der Waals surface area contributed by atoms with E-state index in [2.05, 4.69) is 4.72 Å². The van der Waals surface area contributed by atoms with Crippen molar-refractivity contribution in [3.63, 3.8) is 0 Å². The second kappa shape index (κ2) is 6.70. The SMILES string of the molecule is CNS(=O)(=O)c1cc(N)ccc1SCc1ccccc1Cl. The molecule has 0 amide bonds. The number of hydrogen-bond donors (Lipinski definition) is 2. The third-order valence-corrected chi connectivity index (χ3v) is 5.94. The maximum Gasteiger partial charge on any atom is 0.241 e. The van der Waals surface area contributed by atoms with E-state index in [1.54, 1.807) is 12.1 Å². The summed E-state index contributed by atoms with van der Waals surface area (Å²) in [7, 11) is -2.17. The van der Waals surface area contributed by atoms with Crippen LogP contribution in [0.15, 0.2) is 52.3 Å². The molecule has 112 valence electrons. The van der Waals surface area contributed by atoms with Crippen molar-refractivity contribution in [1.29, 1.82) is 0 Å². The van der Waals surface area contributed by atoms with E-state index in [9.17, 15) is 8.42 Å². The Balaban J connectivity index is 2.31. The van der Waals surface area contributed by atoms with Gasteiger partial charge in [0.15, 0.2) is 0 Å². The summed E-state index contributed by atoms with van der Waals surface area (Å²) in [5, 5.41) is 0.665. The Labute approximate surface area is 133 Å². The molecule has 2 aromatic carbocycles. The third-order valence-electron chi connectivity index (χ3n) is 2.87. The minimum Gasteiger partial charge on any atom is -0.399 e. The van der Waals surface area contributed by atoms with Crippen molar-refractivity contribution in [3.05, 3.63) is 53.1 Å². The van der Waals surface area contributed by atoms with Gasteiger partial charge in [-0.3, -0.25) is 0 Å². The van der Waals surface area contributed by atoms with Gasteiger partial charge in [0.25, 0.3) is 0 Å². The lowest BCUT2D eigenvalue weighted by Crippen LogP contribution is -2.19. The van der Waals surface area contributed by atoms with Gasteiger partial charge in [0.2, 0.25) is 10.0 Å². The summed E-state index contributed by atoms with van der Waals surface area (Å²) in [5.41, 5.74) is 7.05. The molecule has 7 heteroatoms. The summed E-state index contributed by atoms with van der Waals surface area (Å²) in [6.07, 6.45) is 0. The standard InChI is InChI=1S/C14H15ClN2O2S2/c1-17-21(18,19)14-8-11(16)6-7-13(14)20-9-10-4-2-3-5-12(10)15/h2-8,17H,9,16H2,1H3. The second-order valence-corrected chi connectivity index (χ2v) is 7.57. The molecule has 4 nitrogen and oxygen atoms in total. The highest BCUT2D eigenvalue weighted by Gasteiger charge is 2.17. The zero-order valence-electron chi connectivity index (χ0n) is 11.3. The lowest BCUT2D eigenvalue weighted by atomic mass is 10.2. The van der Waals surface area contributed by atoms with E-state index in [-0.39, 0.29) is 4.90 Å². The Morgan fingerprint density at radius 2 is 1.95 bits per heavy atom. The van der Waals surface area contributed by atoms with Gasteiger partial charge in [-0.1, -0.05) is 29.8 Å². The van der Waals surface area contributed by atoms with E-state index in [1.165, 1.54) is 24.9 Å². The van der Waals surface area contributed by atoms with E-state index in [0.717, 1.165) is 5.56 Å². The average molecular weight is 343 g/mol. The number of nitrogen functional groups attached to an aromatic ring is 1. The monoisotopic (exact) mass is 342 g/mol. The highest BCUT2D eigenvalue weighted by Crippen LogP contribution is 2.32. The average Bonchev–Trinajstić information content (AvgIpc) is 2.47. The Kier molecular flexibility index (Phi) is 5.16. The molecule has 2 aromatic rings. The van der Waals surface area contributed by atoms with Gasteiger partial charge >= 0.3 is 0 Å². The molecule has 0 fully saturated rings. The molecule has 0 aliphatic carbocycles. The predicted molar refractivity (Wildman–Crippen MR) is 88.1 cm³/mol. The summed E-state index contributed by atoms with van der Waals surface area (Å²) in [6.45, 7) is 0. The highest BCUT2D eigenvalue weighted by atomic mass is 35.5. The number of hydrogen-bond acceptors (Lipinski definition) is 4. The van der Waals surface area contributed by atoms with Gasteiger partial charge in [-0.15, -0.1) is 11.8 Å². The topological polar surface area (TPSA) is 72.2 Å². The smallest absolute Gasteiger partial charge is 0.241 e. The van der Waals surface area contributed by atoms with Crippen LogP contribution in [-0.4, -0.2) is 15.5 Å². The van der Waals surface area contributed by atoms with Crippen molar-refractivity contribution < 1.29 is 8.42 Å². The Bertz CT molecular complexity index is 748. The largest absolute Gasteiger partial charge is 0.399 e. The molecule has 0 spiro atoms. The third kappa shape index (κ3) is 3.91. The number of nitrogens with one attached hydrogen (secondary N) is 1. The first-order chi connectivity index (χ1) is 9.94. The number of rotatable bonds is 5. The Hall–Kier alpha value is -1.21. The molecule has 0 aliphatic rings. The van der Waals surface area contributed by atoms with Crippen LogP contribution in [0.5, 0.6) is 0 Å².